The van der Waals surface area contributed by atoms with Crippen LogP contribution in [0.2, 0.25) is 0 Å². The van der Waals surface area contributed by atoms with Crippen molar-refractivity contribution in [2.75, 3.05) is 25.2 Å². The predicted octanol–water partition coefficient (Wildman–Crippen LogP) is -1.26. The van der Waals surface area contributed by atoms with Crippen LogP contribution in [0.1, 0.15) is 6.42 Å². The Labute approximate surface area is 99.0 Å². The van der Waals surface area contributed by atoms with Crippen molar-refractivity contribution < 1.29 is 22.7 Å². The van der Waals surface area contributed by atoms with Gasteiger partial charge in [-0.2, -0.15) is 0 Å². The molecule has 0 aromatic carbocycles. The predicted molar refractivity (Wildman–Crippen MR) is 58.1 cm³/mol. The molecule has 2 saturated heterocycles. The van der Waals surface area contributed by atoms with Gasteiger partial charge in [0.25, 0.3) is 0 Å². The molecule has 0 aliphatic carbocycles. The summed E-state index contributed by atoms with van der Waals surface area (Å²) >= 11 is 0. The van der Waals surface area contributed by atoms with Gasteiger partial charge in [-0.1, -0.05) is 0 Å². The van der Waals surface area contributed by atoms with Crippen LogP contribution in [0.3, 0.4) is 0 Å². The fraction of sp³-hybridized carbons (Fsp3) is 0.778. The summed E-state index contributed by atoms with van der Waals surface area (Å²) in [5.41, 5.74) is 0. The molecule has 2 heterocycles. The second kappa shape index (κ2) is 4.17. The molecule has 2 atom stereocenters. The monoisotopic (exact) mass is 262 g/mol. The van der Waals surface area contributed by atoms with Crippen LogP contribution in [0.4, 0.5) is 4.79 Å². The van der Waals surface area contributed by atoms with E-state index in [9.17, 15) is 18.0 Å². The molecule has 1 N–H and O–H groups in total. The van der Waals surface area contributed by atoms with E-state index in [1.54, 1.807) is 0 Å². The molecule has 0 aromatic rings. The van der Waals surface area contributed by atoms with Gasteiger partial charge in [0.05, 0.1) is 11.5 Å². The zero-order valence-electron chi connectivity index (χ0n) is 9.38. The van der Waals surface area contributed by atoms with Crippen LogP contribution in [0, 0.1) is 0 Å². The topological polar surface area (TPSA) is 92.8 Å². The second-order valence-electron chi connectivity index (χ2n) is 4.31. The van der Waals surface area contributed by atoms with Gasteiger partial charge in [0.15, 0.2) is 9.84 Å². The maximum atomic E-state index is 11.8. The fourth-order valence-corrected chi connectivity index (χ4v) is 3.62. The number of ether oxygens (including phenoxy) is 1. The number of hydrogen-bond acceptors (Lipinski definition) is 5. The van der Waals surface area contributed by atoms with E-state index < -0.39 is 22.0 Å². The van der Waals surface area contributed by atoms with Gasteiger partial charge < -0.3 is 10.1 Å². The Hall–Kier alpha value is -1.31. The molecule has 0 bridgehead atoms. The van der Waals surface area contributed by atoms with Crippen LogP contribution < -0.4 is 5.32 Å². The molecule has 2 fully saturated rings. The van der Waals surface area contributed by atoms with E-state index in [1.165, 1.54) is 11.9 Å². The first kappa shape index (κ1) is 12.2. The lowest BCUT2D eigenvalue weighted by molar-refractivity contribution is -0.125. The minimum Gasteiger partial charge on any atom is -0.447 e. The van der Waals surface area contributed by atoms with Gasteiger partial charge in [-0.25, -0.2) is 13.2 Å². The van der Waals surface area contributed by atoms with Crippen LogP contribution >= 0.6 is 0 Å². The second-order valence-corrected chi connectivity index (χ2v) is 6.54. The molecule has 0 radical (unpaired) electrons. The summed E-state index contributed by atoms with van der Waals surface area (Å²) in [5, 5.41) is 2.64. The maximum absolute atomic E-state index is 11.8. The summed E-state index contributed by atoms with van der Waals surface area (Å²) in [6.07, 6.45) is -0.108. The molecule has 8 heteroatoms. The van der Waals surface area contributed by atoms with Crippen LogP contribution in [-0.4, -0.2) is 62.6 Å². The van der Waals surface area contributed by atoms with Crippen molar-refractivity contribution in [3.05, 3.63) is 0 Å². The Balaban J connectivity index is 1.92. The number of likely N-dealkylation sites (N-methyl/N-ethyl adjacent to an activating group) is 1. The zero-order chi connectivity index (χ0) is 12.6. The standard InChI is InChI=1S/C9H14N2O5S/c1-11-7(4-16-9(11)13)8(12)10-6-2-3-17(14,15)5-6/h6-7H,2-5H2,1H3,(H,10,12). The van der Waals surface area contributed by atoms with Crippen molar-refractivity contribution >= 4 is 21.8 Å². The lowest BCUT2D eigenvalue weighted by Gasteiger charge is -2.18. The third-order valence-electron chi connectivity index (χ3n) is 3.00. The van der Waals surface area contributed by atoms with E-state index in [1.807, 2.05) is 0 Å². The third-order valence-corrected chi connectivity index (χ3v) is 4.77. The molecule has 0 aromatic heterocycles. The van der Waals surface area contributed by atoms with Gasteiger partial charge in [0.2, 0.25) is 5.91 Å². The minimum atomic E-state index is -3.02. The Morgan fingerprint density at radius 2 is 2.24 bits per heavy atom. The van der Waals surface area contributed by atoms with Crippen molar-refractivity contribution in [2.24, 2.45) is 0 Å². The number of amides is 2. The number of carbonyl (C=O) groups excluding carboxylic acids is 2. The average molecular weight is 262 g/mol. The van der Waals surface area contributed by atoms with Gasteiger partial charge in [0.1, 0.15) is 12.6 Å². The summed E-state index contributed by atoms with van der Waals surface area (Å²) in [6, 6.07) is -1.01. The molecule has 2 amide bonds. The molecule has 2 rings (SSSR count). The molecular weight excluding hydrogens is 248 g/mol. The van der Waals surface area contributed by atoms with Crippen LogP contribution in [0.15, 0.2) is 0 Å². The van der Waals surface area contributed by atoms with Gasteiger partial charge >= 0.3 is 6.09 Å². The number of nitrogens with one attached hydrogen (secondary N) is 1. The smallest absolute Gasteiger partial charge is 0.410 e. The molecule has 2 aliphatic heterocycles. The number of carbonyl (C=O) groups is 2. The van der Waals surface area contributed by atoms with Gasteiger partial charge in [-0.3, -0.25) is 9.69 Å². The third kappa shape index (κ3) is 2.51. The van der Waals surface area contributed by atoms with Crippen molar-refractivity contribution in [1.29, 1.82) is 0 Å². The number of rotatable bonds is 2. The number of nitrogens with zero attached hydrogens (tertiary/aromatic N) is 1. The van der Waals surface area contributed by atoms with Crippen molar-refractivity contribution in [3.8, 4) is 0 Å². The Bertz CT molecular complexity index is 446. The van der Waals surface area contributed by atoms with Crippen LogP contribution in [-0.2, 0) is 19.4 Å². The van der Waals surface area contributed by atoms with Crippen LogP contribution in [0.5, 0.6) is 0 Å². The summed E-state index contributed by atoms with van der Waals surface area (Å²) in [7, 11) is -1.54. The summed E-state index contributed by atoms with van der Waals surface area (Å²) in [5.74, 6) is -0.279. The Morgan fingerprint density at radius 3 is 2.71 bits per heavy atom. The quantitative estimate of drug-likeness (QED) is 0.670. The van der Waals surface area contributed by atoms with Crippen molar-refractivity contribution in [2.45, 2.75) is 18.5 Å². The maximum Gasteiger partial charge on any atom is 0.410 e. The van der Waals surface area contributed by atoms with Gasteiger partial charge in [-0.05, 0) is 6.42 Å². The first-order valence-electron chi connectivity index (χ1n) is 5.29. The van der Waals surface area contributed by atoms with E-state index in [2.05, 4.69) is 5.32 Å². The largest absolute Gasteiger partial charge is 0.447 e. The van der Waals surface area contributed by atoms with E-state index in [-0.39, 0.29) is 30.1 Å². The Kier molecular flexibility index (Phi) is 2.98. The lowest BCUT2D eigenvalue weighted by atomic mass is 10.2. The SMILES string of the molecule is CN1C(=O)OCC1C(=O)NC1CCS(=O)(=O)C1. The molecular formula is C9H14N2O5S. The number of sulfone groups is 1. The highest BCUT2D eigenvalue weighted by Gasteiger charge is 2.37. The molecule has 2 unspecified atom stereocenters. The normalized spacial score (nSPS) is 31.4. The zero-order valence-corrected chi connectivity index (χ0v) is 10.2. The van der Waals surface area contributed by atoms with Crippen molar-refractivity contribution in [3.63, 3.8) is 0 Å². The first-order chi connectivity index (χ1) is 7.89. The summed E-state index contributed by atoms with van der Waals surface area (Å²) in [4.78, 5) is 24.1. The van der Waals surface area contributed by atoms with E-state index in [4.69, 9.17) is 4.74 Å². The molecule has 7 nitrogen and oxygen atoms in total. The molecule has 0 spiro atoms. The summed E-state index contributed by atoms with van der Waals surface area (Å²) in [6.45, 7) is 0.0145. The molecule has 2 aliphatic rings. The highest BCUT2D eigenvalue weighted by atomic mass is 32.2. The molecule has 0 saturated carbocycles. The van der Waals surface area contributed by atoms with Gasteiger partial charge in [-0.15, -0.1) is 0 Å². The molecule has 17 heavy (non-hydrogen) atoms. The minimum absolute atomic E-state index is 0.0145. The molecule has 96 valence electrons. The van der Waals surface area contributed by atoms with E-state index >= 15 is 0 Å². The first-order valence-corrected chi connectivity index (χ1v) is 7.11. The number of cyclic esters (lactones) is 1. The average Bonchev–Trinajstić information content (AvgIpc) is 2.72. The number of hydrogen-bond donors (Lipinski definition) is 1. The fourth-order valence-electron chi connectivity index (χ4n) is 1.95. The highest BCUT2D eigenvalue weighted by Crippen LogP contribution is 2.14. The van der Waals surface area contributed by atoms with E-state index in [0.717, 1.165) is 0 Å². The van der Waals surface area contributed by atoms with E-state index in [0.29, 0.717) is 6.42 Å². The van der Waals surface area contributed by atoms with Gasteiger partial charge in [0, 0.05) is 13.1 Å². The Morgan fingerprint density at radius 1 is 1.53 bits per heavy atom. The lowest BCUT2D eigenvalue weighted by Crippen LogP contribution is -2.47. The van der Waals surface area contributed by atoms with Crippen molar-refractivity contribution in [1.82, 2.24) is 10.2 Å². The summed E-state index contributed by atoms with van der Waals surface area (Å²) < 4.78 is 27.2. The van der Waals surface area contributed by atoms with Crippen LogP contribution in [0.25, 0.3) is 0 Å². The highest BCUT2D eigenvalue weighted by molar-refractivity contribution is 7.91.